The normalized spacial score (nSPS) is 14.7. The second-order valence-corrected chi connectivity index (χ2v) is 10.4. The minimum Gasteiger partial charge on any atom is -0.484 e. The van der Waals surface area contributed by atoms with Gasteiger partial charge in [0.05, 0.1) is 13.2 Å². The van der Waals surface area contributed by atoms with E-state index in [0.29, 0.717) is 31.9 Å². The second kappa shape index (κ2) is 14.5. The highest BCUT2D eigenvalue weighted by Crippen LogP contribution is 2.30. The fraction of sp³-hybridized carbons (Fsp3) is 0.229. The molecule has 4 aromatic carbocycles. The van der Waals surface area contributed by atoms with Crippen molar-refractivity contribution in [1.82, 2.24) is 9.80 Å². The molecule has 0 aliphatic carbocycles. The molecule has 10 heteroatoms. The number of halogens is 1. The van der Waals surface area contributed by atoms with Gasteiger partial charge in [0, 0.05) is 31.9 Å². The van der Waals surface area contributed by atoms with Gasteiger partial charge < -0.3 is 24.4 Å². The Morgan fingerprint density at radius 3 is 1.82 bits per heavy atom. The summed E-state index contributed by atoms with van der Waals surface area (Å²) < 4.78 is 30.7. The minimum atomic E-state index is -3.41. The number of rotatable bonds is 11. The summed E-state index contributed by atoms with van der Waals surface area (Å²) >= 11 is 0. The van der Waals surface area contributed by atoms with Gasteiger partial charge in [-0.05, 0) is 47.5 Å². The lowest BCUT2D eigenvalue weighted by Crippen LogP contribution is -2.51. The third-order valence-electron chi connectivity index (χ3n) is 7.48. The molecule has 1 unspecified atom stereocenters. The van der Waals surface area contributed by atoms with Crippen molar-refractivity contribution in [3.8, 4) is 11.5 Å². The molecule has 232 valence electrons. The first-order valence-corrected chi connectivity index (χ1v) is 14.5. The maximum atomic E-state index is 15.5. The Labute approximate surface area is 261 Å². The van der Waals surface area contributed by atoms with Gasteiger partial charge in [0.1, 0.15) is 11.5 Å². The number of anilines is 1. The fourth-order valence-corrected chi connectivity index (χ4v) is 5.16. The quantitative estimate of drug-likeness (QED) is 0.191. The zero-order valence-electron chi connectivity index (χ0n) is 24.8. The van der Waals surface area contributed by atoms with Crippen molar-refractivity contribution in [2.75, 3.05) is 45.2 Å². The van der Waals surface area contributed by atoms with Crippen LogP contribution in [-0.4, -0.2) is 73.3 Å². The van der Waals surface area contributed by atoms with E-state index in [9.17, 15) is 14.4 Å². The first-order chi connectivity index (χ1) is 21.9. The predicted octanol–water partition coefficient (Wildman–Crippen LogP) is 4.86. The molecule has 1 atom stereocenters. The molecule has 0 aromatic heterocycles. The van der Waals surface area contributed by atoms with Crippen LogP contribution in [0.2, 0.25) is 0 Å². The zero-order chi connectivity index (χ0) is 31.6. The van der Waals surface area contributed by atoms with E-state index in [1.54, 1.807) is 23.1 Å². The van der Waals surface area contributed by atoms with Gasteiger partial charge in [-0.2, -0.15) is 4.39 Å². The molecule has 1 fully saturated rings. The third kappa shape index (κ3) is 7.66. The molecule has 1 N–H and O–H groups in total. The summed E-state index contributed by atoms with van der Waals surface area (Å²) in [7, 11) is 0.956. The van der Waals surface area contributed by atoms with E-state index in [2.05, 4.69) is 39.2 Å². The third-order valence-corrected chi connectivity index (χ3v) is 7.48. The van der Waals surface area contributed by atoms with Gasteiger partial charge >= 0.3 is 17.7 Å². The SMILES string of the molecule is COC(=O)C(F)(Oc1ccccc1)C(=O)Nc1ccc(OCC(=O)N2CCN(C(c3ccccc3)c3ccccc3)CC2)cc1. The van der Waals surface area contributed by atoms with Gasteiger partial charge in [-0.15, -0.1) is 0 Å². The summed E-state index contributed by atoms with van der Waals surface area (Å²) in [6.07, 6.45) is 0. The van der Waals surface area contributed by atoms with Crippen LogP contribution in [0.25, 0.3) is 0 Å². The second-order valence-electron chi connectivity index (χ2n) is 10.4. The summed E-state index contributed by atoms with van der Waals surface area (Å²) in [5, 5.41) is 2.32. The molecule has 2 amide bonds. The predicted molar refractivity (Wildman–Crippen MR) is 166 cm³/mol. The molecule has 0 bridgehead atoms. The summed E-state index contributed by atoms with van der Waals surface area (Å²) in [6.45, 7) is 2.40. The number of methoxy groups -OCH3 is 1. The Balaban J connectivity index is 1.14. The maximum Gasteiger partial charge on any atom is 0.425 e. The van der Waals surface area contributed by atoms with Crippen molar-refractivity contribution < 1.29 is 33.0 Å². The number of hydrogen-bond acceptors (Lipinski definition) is 7. The van der Waals surface area contributed by atoms with Crippen molar-refractivity contribution in [3.05, 3.63) is 126 Å². The topological polar surface area (TPSA) is 97.4 Å². The van der Waals surface area contributed by atoms with Crippen molar-refractivity contribution in [3.63, 3.8) is 0 Å². The molecule has 1 aliphatic heterocycles. The van der Waals surface area contributed by atoms with Crippen LogP contribution in [0.1, 0.15) is 17.2 Å². The van der Waals surface area contributed by atoms with Crippen molar-refractivity contribution >= 4 is 23.5 Å². The Bertz CT molecular complexity index is 1530. The molecule has 1 heterocycles. The molecule has 45 heavy (non-hydrogen) atoms. The number of alkyl halides is 1. The lowest BCUT2D eigenvalue weighted by molar-refractivity contribution is -0.181. The molecule has 0 spiro atoms. The molecular weight excluding hydrogens is 577 g/mol. The summed E-state index contributed by atoms with van der Waals surface area (Å²) in [4.78, 5) is 42.0. The van der Waals surface area contributed by atoms with Gasteiger partial charge in [0.15, 0.2) is 6.61 Å². The van der Waals surface area contributed by atoms with Crippen LogP contribution in [0, 0.1) is 0 Å². The number of nitrogens with zero attached hydrogens (tertiary/aromatic N) is 2. The molecule has 0 radical (unpaired) electrons. The average Bonchev–Trinajstić information content (AvgIpc) is 3.09. The number of amides is 2. The van der Waals surface area contributed by atoms with Crippen LogP contribution in [0.5, 0.6) is 11.5 Å². The number of para-hydroxylation sites is 1. The highest BCUT2D eigenvalue weighted by molar-refractivity contribution is 6.10. The Morgan fingerprint density at radius 1 is 0.756 bits per heavy atom. The highest BCUT2D eigenvalue weighted by Gasteiger charge is 2.51. The Morgan fingerprint density at radius 2 is 1.29 bits per heavy atom. The van der Waals surface area contributed by atoms with Crippen LogP contribution in [0.4, 0.5) is 10.1 Å². The zero-order valence-corrected chi connectivity index (χ0v) is 24.8. The highest BCUT2D eigenvalue weighted by atomic mass is 19.2. The van der Waals surface area contributed by atoms with E-state index in [-0.39, 0.29) is 30.0 Å². The average molecular weight is 612 g/mol. The molecule has 1 saturated heterocycles. The Kier molecular flexibility index (Phi) is 10.1. The number of hydrogen-bond donors (Lipinski definition) is 1. The van der Waals surface area contributed by atoms with E-state index in [0.717, 1.165) is 7.11 Å². The maximum absolute atomic E-state index is 15.5. The molecule has 4 aromatic rings. The van der Waals surface area contributed by atoms with Gasteiger partial charge in [-0.3, -0.25) is 14.5 Å². The van der Waals surface area contributed by atoms with Gasteiger partial charge in [0.25, 0.3) is 5.91 Å². The van der Waals surface area contributed by atoms with Crippen LogP contribution in [0.15, 0.2) is 115 Å². The number of benzene rings is 4. The molecule has 1 aliphatic rings. The van der Waals surface area contributed by atoms with Crippen molar-refractivity contribution in [2.45, 2.75) is 11.9 Å². The van der Waals surface area contributed by atoms with E-state index in [1.807, 2.05) is 36.4 Å². The number of esters is 1. The van der Waals surface area contributed by atoms with Crippen molar-refractivity contribution in [1.29, 1.82) is 0 Å². The van der Waals surface area contributed by atoms with Crippen LogP contribution in [-0.2, 0) is 19.1 Å². The van der Waals surface area contributed by atoms with E-state index >= 15 is 4.39 Å². The van der Waals surface area contributed by atoms with E-state index in [4.69, 9.17) is 9.47 Å². The molecular formula is C35H34FN3O6. The van der Waals surface area contributed by atoms with Crippen molar-refractivity contribution in [2.24, 2.45) is 0 Å². The molecule has 5 rings (SSSR count). The summed E-state index contributed by atoms with van der Waals surface area (Å²) in [6, 6.07) is 34.4. The minimum absolute atomic E-state index is 0.0254. The standard InChI is InChI=1S/C35H34FN3O6/c1-43-34(42)35(36,45-30-15-9-4-10-16-30)33(41)37-28-17-19-29(20-18-28)44-25-31(40)38-21-23-39(24-22-38)32(26-11-5-2-6-12-26)27-13-7-3-8-14-27/h2-20,32H,21-25H2,1H3,(H,37,41). The lowest BCUT2D eigenvalue weighted by atomic mass is 9.96. The number of nitrogens with one attached hydrogen (secondary N) is 1. The van der Waals surface area contributed by atoms with Gasteiger partial charge in [0.2, 0.25) is 0 Å². The number of ether oxygens (including phenoxy) is 3. The van der Waals surface area contributed by atoms with Gasteiger partial charge in [-0.1, -0.05) is 78.9 Å². The van der Waals surface area contributed by atoms with Crippen LogP contribution >= 0.6 is 0 Å². The van der Waals surface area contributed by atoms with Crippen LogP contribution < -0.4 is 14.8 Å². The fourth-order valence-electron chi connectivity index (χ4n) is 5.16. The smallest absolute Gasteiger partial charge is 0.425 e. The first kappa shape index (κ1) is 31.2. The van der Waals surface area contributed by atoms with Crippen LogP contribution in [0.3, 0.4) is 0 Å². The monoisotopic (exact) mass is 611 g/mol. The number of piperazine rings is 1. The molecule has 0 saturated carbocycles. The van der Waals surface area contributed by atoms with E-state index in [1.165, 1.54) is 47.5 Å². The number of carbonyl (C=O) groups excluding carboxylic acids is 3. The summed E-state index contributed by atoms with van der Waals surface area (Å²) in [5.41, 5.74) is 2.60. The number of carbonyl (C=O) groups is 3. The summed E-state index contributed by atoms with van der Waals surface area (Å²) in [5.74, 6) is -6.05. The first-order valence-electron chi connectivity index (χ1n) is 14.5. The van der Waals surface area contributed by atoms with Gasteiger partial charge in [-0.25, -0.2) is 4.79 Å². The molecule has 9 nitrogen and oxygen atoms in total. The van der Waals surface area contributed by atoms with E-state index < -0.39 is 17.7 Å². The Hall–Kier alpha value is -5.22. The lowest BCUT2D eigenvalue weighted by Gasteiger charge is -2.39. The largest absolute Gasteiger partial charge is 0.484 e.